The molecule has 2 aromatic carbocycles. The van der Waals surface area contributed by atoms with E-state index in [2.05, 4.69) is 25.7 Å². The van der Waals surface area contributed by atoms with E-state index in [4.69, 9.17) is 0 Å². The molecule has 3 N–H and O–H groups in total. The Morgan fingerprint density at radius 1 is 0.968 bits per heavy atom. The van der Waals surface area contributed by atoms with Crippen LogP contribution in [0.3, 0.4) is 0 Å². The minimum absolute atomic E-state index is 0.0811. The van der Waals surface area contributed by atoms with Crippen molar-refractivity contribution < 1.29 is 22.7 Å². The molecule has 1 amide bonds. The highest BCUT2D eigenvalue weighted by molar-refractivity contribution is 5.88. The zero-order valence-electron chi connectivity index (χ0n) is 17.6. The van der Waals surface area contributed by atoms with Crippen LogP contribution in [0.4, 0.5) is 18.9 Å². The van der Waals surface area contributed by atoms with Crippen LogP contribution in [-0.4, -0.2) is 38.2 Å². The normalized spacial score (nSPS) is 11.8. The van der Waals surface area contributed by atoms with Crippen LogP contribution in [0.5, 0.6) is 0 Å². The smallest absolute Gasteiger partial charge is 0.367 e. The van der Waals surface area contributed by atoms with Gasteiger partial charge in [-0.05, 0) is 35.2 Å². The maximum Gasteiger partial charge on any atom is 0.411 e. The lowest BCUT2D eigenvalue weighted by atomic mass is 10.1. The first kappa shape index (κ1) is 24.2. The number of ether oxygens (including phenoxy) is 1. The zero-order chi connectivity index (χ0) is 22.7. The molecule has 0 radical (unpaired) electrons. The topological polar surface area (TPSA) is 74.8 Å². The molecule has 2 aromatic rings. The molecule has 0 aromatic heterocycles. The Balaban J connectivity index is 1.71. The van der Waals surface area contributed by atoms with Gasteiger partial charge in [-0.1, -0.05) is 36.4 Å². The summed E-state index contributed by atoms with van der Waals surface area (Å²) in [5.74, 6) is 0.543. The summed E-state index contributed by atoms with van der Waals surface area (Å²) in [4.78, 5) is 15.2. The maximum absolute atomic E-state index is 12.1. The van der Waals surface area contributed by atoms with E-state index in [1.165, 1.54) is 6.92 Å². The van der Waals surface area contributed by atoms with Gasteiger partial charge < -0.3 is 20.7 Å². The zero-order valence-corrected chi connectivity index (χ0v) is 17.6. The van der Waals surface area contributed by atoms with E-state index in [9.17, 15) is 18.0 Å². The average molecular weight is 436 g/mol. The number of anilines is 1. The van der Waals surface area contributed by atoms with Crippen LogP contribution < -0.4 is 16.0 Å². The largest absolute Gasteiger partial charge is 0.411 e. The van der Waals surface area contributed by atoms with Crippen LogP contribution in [0.1, 0.15) is 23.6 Å². The predicted octanol–water partition coefficient (Wildman–Crippen LogP) is 3.63. The molecular weight excluding hydrogens is 409 g/mol. The van der Waals surface area contributed by atoms with Gasteiger partial charge in [0.05, 0.1) is 6.61 Å². The molecule has 0 unspecified atom stereocenters. The molecule has 0 bridgehead atoms. The Morgan fingerprint density at radius 2 is 1.58 bits per heavy atom. The number of benzene rings is 2. The number of carbonyl (C=O) groups is 1. The summed E-state index contributed by atoms with van der Waals surface area (Å²) in [5.41, 5.74) is 3.54. The molecule has 168 valence electrons. The fraction of sp³-hybridized carbons (Fsp3) is 0.364. The van der Waals surface area contributed by atoms with Crippen molar-refractivity contribution in [3.8, 4) is 0 Å². The molecule has 0 saturated heterocycles. The number of hydrogen-bond acceptors (Lipinski definition) is 3. The summed E-state index contributed by atoms with van der Waals surface area (Å²) in [7, 11) is 1.68. The molecule has 0 fully saturated rings. The van der Waals surface area contributed by atoms with Gasteiger partial charge in [0, 0.05) is 32.7 Å². The van der Waals surface area contributed by atoms with Crippen molar-refractivity contribution in [1.82, 2.24) is 10.6 Å². The number of hydrogen-bond donors (Lipinski definition) is 3. The summed E-state index contributed by atoms with van der Waals surface area (Å²) in [6, 6.07) is 14.8. The number of guanidine groups is 1. The molecular formula is C22H27F3N4O2. The molecule has 0 aliphatic carbocycles. The number of nitrogens with zero attached hydrogens (tertiary/aromatic N) is 1. The highest BCUT2D eigenvalue weighted by Gasteiger charge is 2.27. The van der Waals surface area contributed by atoms with E-state index < -0.39 is 12.8 Å². The lowest BCUT2D eigenvalue weighted by molar-refractivity contribution is -0.176. The lowest BCUT2D eigenvalue weighted by Crippen LogP contribution is -2.37. The molecule has 0 aliphatic rings. The monoisotopic (exact) mass is 436 g/mol. The maximum atomic E-state index is 12.1. The van der Waals surface area contributed by atoms with Crippen molar-refractivity contribution >= 4 is 17.6 Å². The van der Waals surface area contributed by atoms with Gasteiger partial charge in [-0.2, -0.15) is 13.2 Å². The van der Waals surface area contributed by atoms with Crippen LogP contribution >= 0.6 is 0 Å². The first-order chi connectivity index (χ1) is 14.7. The Kier molecular flexibility index (Phi) is 9.33. The molecule has 0 aliphatic heterocycles. The summed E-state index contributed by atoms with van der Waals surface area (Å²) in [6.45, 7) is 1.33. The molecule has 0 heterocycles. The second-order valence-electron chi connectivity index (χ2n) is 6.91. The predicted molar refractivity (Wildman–Crippen MR) is 115 cm³/mol. The number of carbonyl (C=O) groups excluding carboxylic acids is 1. The number of nitrogens with one attached hydrogen (secondary N) is 3. The first-order valence-electron chi connectivity index (χ1n) is 9.78. The molecule has 0 atom stereocenters. The molecule has 6 nitrogen and oxygen atoms in total. The summed E-state index contributed by atoms with van der Waals surface area (Å²) >= 11 is 0. The second-order valence-corrected chi connectivity index (χ2v) is 6.91. The average Bonchev–Trinajstić information content (AvgIpc) is 2.71. The van der Waals surface area contributed by atoms with Gasteiger partial charge in [0.15, 0.2) is 5.96 Å². The van der Waals surface area contributed by atoms with Crippen LogP contribution in [0.15, 0.2) is 53.5 Å². The SMILES string of the molecule is CN=C(NCCc1ccc(NC(C)=O)cc1)NCc1ccc(COCC(F)(F)F)cc1. The quantitative estimate of drug-likeness (QED) is 0.415. The van der Waals surface area contributed by atoms with E-state index in [-0.39, 0.29) is 12.5 Å². The van der Waals surface area contributed by atoms with Crippen LogP contribution in [-0.2, 0) is 29.1 Å². The Hall–Kier alpha value is -3.07. The second kappa shape index (κ2) is 11.9. The molecule has 0 saturated carbocycles. The third kappa shape index (κ3) is 9.99. The van der Waals surface area contributed by atoms with Gasteiger partial charge in [-0.15, -0.1) is 0 Å². The van der Waals surface area contributed by atoms with Crippen molar-refractivity contribution in [3.05, 3.63) is 65.2 Å². The Morgan fingerprint density at radius 3 is 2.16 bits per heavy atom. The van der Waals surface area contributed by atoms with Crippen molar-refractivity contribution in [3.63, 3.8) is 0 Å². The van der Waals surface area contributed by atoms with Gasteiger partial charge in [-0.25, -0.2) is 0 Å². The van der Waals surface area contributed by atoms with Gasteiger partial charge in [0.1, 0.15) is 6.61 Å². The fourth-order valence-electron chi connectivity index (χ4n) is 2.73. The summed E-state index contributed by atoms with van der Waals surface area (Å²) in [5, 5.41) is 9.16. The fourth-order valence-corrected chi connectivity index (χ4v) is 2.73. The highest BCUT2D eigenvalue weighted by Crippen LogP contribution is 2.16. The summed E-state index contributed by atoms with van der Waals surface area (Å²) < 4.78 is 41.0. The van der Waals surface area contributed by atoms with Gasteiger partial charge >= 0.3 is 6.18 Å². The van der Waals surface area contributed by atoms with Crippen molar-refractivity contribution in [2.45, 2.75) is 32.7 Å². The van der Waals surface area contributed by atoms with Gasteiger partial charge in [0.25, 0.3) is 0 Å². The van der Waals surface area contributed by atoms with E-state index in [1.54, 1.807) is 19.2 Å². The third-order valence-electron chi connectivity index (χ3n) is 4.22. The van der Waals surface area contributed by atoms with Gasteiger partial charge in [0.2, 0.25) is 5.91 Å². The Bertz CT molecular complexity index is 851. The molecule has 31 heavy (non-hydrogen) atoms. The van der Waals surface area contributed by atoms with E-state index in [1.807, 2.05) is 36.4 Å². The highest BCUT2D eigenvalue weighted by atomic mass is 19.4. The number of amides is 1. The standard InChI is InChI=1S/C22H27F3N4O2/c1-16(30)29-20-9-7-17(8-10-20)11-12-27-21(26-2)28-13-18-3-5-19(6-4-18)14-31-15-22(23,24)25/h3-10H,11-15H2,1-2H3,(H,29,30)(H2,26,27,28). The minimum atomic E-state index is -4.32. The van der Waals surface area contributed by atoms with Crippen LogP contribution in [0.2, 0.25) is 0 Å². The molecule has 2 rings (SSSR count). The summed E-state index contributed by atoms with van der Waals surface area (Å²) in [6.07, 6.45) is -3.53. The van der Waals surface area contributed by atoms with Crippen molar-refractivity contribution in [2.24, 2.45) is 4.99 Å². The number of alkyl halides is 3. The molecule has 0 spiro atoms. The Labute approximate surface area is 179 Å². The molecule has 9 heteroatoms. The van der Waals surface area contributed by atoms with Crippen molar-refractivity contribution in [1.29, 1.82) is 0 Å². The first-order valence-corrected chi connectivity index (χ1v) is 9.78. The van der Waals surface area contributed by atoms with E-state index in [0.29, 0.717) is 24.6 Å². The van der Waals surface area contributed by atoms with E-state index >= 15 is 0 Å². The van der Waals surface area contributed by atoms with E-state index in [0.717, 1.165) is 23.2 Å². The van der Waals surface area contributed by atoms with Crippen molar-refractivity contribution in [2.75, 3.05) is 25.5 Å². The third-order valence-corrected chi connectivity index (χ3v) is 4.22. The number of aliphatic imine (C=N–C) groups is 1. The van der Waals surface area contributed by atoms with Crippen LogP contribution in [0.25, 0.3) is 0 Å². The van der Waals surface area contributed by atoms with Crippen LogP contribution in [0, 0.1) is 0 Å². The minimum Gasteiger partial charge on any atom is -0.367 e. The van der Waals surface area contributed by atoms with Gasteiger partial charge in [-0.3, -0.25) is 9.79 Å². The lowest BCUT2D eigenvalue weighted by Gasteiger charge is -2.13. The number of rotatable bonds is 9. The number of halogens is 3.